The lowest BCUT2D eigenvalue weighted by atomic mass is 9.92. The van der Waals surface area contributed by atoms with Crippen molar-refractivity contribution in [3.05, 3.63) is 24.0 Å². The number of nitrogens with zero attached hydrogens (tertiary/aromatic N) is 3. The van der Waals surface area contributed by atoms with Crippen molar-refractivity contribution in [2.24, 2.45) is 5.92 Å². The molecule has 3 aliphatic rings. The smallest absolute Gasteiger partial charge is 0.255 e. The predicted octanol–water partition coefficient (Wildman–Crippen LogP) is 1.62. The van der Waals surface area contributed by atoms with Crippen LogP contribution >= 0.6 is 11.8 Å². The number of likely N-dealkylation sites (tertiary alicyclic amines) is 1. The maximum absolute atomic E-state index is 12.4. The first-order valence-corrected chi connectivity index (χ1v) is 9.62. The summed E-state index contributed by atoms with van der Waals surface area (Å²) in [6, 6.07) is 1.72. The number of thioether (sulfide) groups is 1. The lowest BCUT2D eigenvalue weighted by molar-refractivity contribution is -0.0118. The summed E-state index contributed by atoms with van der Waals surface area (Å²) >= 11 is 1.97. The van der Waals surface area contributed by atoms with Crippen LogP contribution in [0.5, 0.6) is 0 Å². The lowest BCUT2D eigenvalue weighted by Gasteiger charge is -2.47. The second kappa shape index (κ2) is 6.98. The van der Waals surface area contributed by atoms with E-state index >= 15 is 0 Å². The average Bonchev–Trinajstić information content (AvgIpc) is 3.04. The highest BCUT2D eigenvalue weighted by molar-refractivity contribution is 8.01. The van der Waals surface area contributed by atoms with Gasteiger partial charge in [0.15, 0.2) is 0 Å². The van der Waals surface area contributed by atoms with E-state index in [-0.39, 0.29) is 10.7 Å². The molecule has 3 aliphatic heterocycles. The van der Waals surface area contributed by atoms with Crippen LogP contribution in [-0.2, 0) is 9.47 Å². The highest BCUT2D eigenvalue weighted by atomic mass is 32.2. The van der Waals surface area contributed by atoms with E-state index in [0.29, 0.717) is 17.6 Å². The highest BCUT2D eigenvalue weighted by Crippen LogP contribution is 2.46. The molecular formula is C17H23N3O3S. The van der Waals surface area contributed by atoms with E-state index in [4.69, 9.17) is 9.47 Å². The summed E-state index contributed by atoms with van der Waals surface area (Å²) in [7, 11) is 0. The monoisotopic (exact) mass is 349 g/mol. The predicted molar refractivity (Wildman–Crippen MR) is 91.0 cm³/mol. The molecule has 7 heteroatoms. The zero-order chi connectivity index (χ0) is 16.4. The minimum absolute atomic E-state index is 0.0581. The summed E-state index contributed by atoms with van der Waals surface area (Å²) in [5, 5.41) is 7.51. The SMILES string of the molecule is O=C(c1ccnnc1)N1CC2(CC(OCC3CCOCC3)CS2)C1. The van der Waals surface area contributed by atoms with E-state index < -0.39 is 0 Å². The summed E-state index contributed by atoms with van der Waals surface area (Å²) < 4.78 is 11.8. The van der Waals surface area contributed by atoms with Gasteiger partial charge >= 0.3 is 0 Å². The molecule has 6 nitrogen and oxygen atoms in total. The minimum atomic E-state index is 0.0581. The molecule has 0 bridgehead atoms. The van der Waals surface area contributed by atoms with Crippen LogP contribution in [0.4, 0.5) is 0 Å². The number of carbonyl (C=O) groups is 1. The molecule has 4 heterocycles. The number of amides is 1. The largest absolute Gasteiger partial charge is 0.381 e. The van der Waals surface area contributed by atoms with Gasteiger partial charge in [0.25, 0.3) is 5.91 Å². The van der Waals surface area contributed by atoms with Crippen LogP contribution in [0, 0.1) is 5.92 Å². The van der Waals surface area contributed by atoms with Gasteiger partial charge in [-0.25, -0.2) is 0 Å². The summed E-state index contributed by atoms with van der Waals surface area (Å²) in [5.74, 6) is 1.75. The molecule has 0 N–H and O–H groups in total. The van der Waals surface area contributed by atoms with Crippen molar-refractivity contribution in [1.29, 1.82) is 0 Å². The first-order chi connectivity index (χ1) is 11.7. The normalized spacial score (nSPS) is 26.5. The van der Waals surface area contributed by atoms with Gasteiger partial charge in [-0.05, 0) is 31.2 Å². The van der Waals surface area contributed by atoms with Gasteiger partial charge in [-0.15, -0.1) is 11.8 Å². The molecule has 4 rings (SSSR count). The molecule has 1 unspecified atom stereocenters. The zero-order valence-electron chi connectivity index (χ0n) is 13.7. The first-order valence-electron chi connectivity index (χ1n) is 8.63. The van der Waals surface area contributed by atoms with Crippen molar-refractivity contribution < 1.29 is 14.3 Å². The molecule has 1 aromatic rings. The molecule has 0 aromatic carbocycles. The van der Waals surface area contributed by atoms with Gasteiger partial charge in [-0.1, -0.05) is 0 Å². The van der Waals surface area contributed by atoms with E-state index in [0.717, 1.165) is 57.9 Å². The fourth-order valence-electron chi connectivity index (χ4n) is 3.71. The third-order valence-corrected chi connectivity index (χ3v) is 6.74. The number of carbonyl (C=O) groups excluding carboxylic acids is 1. The Bertz CT molecular complexity index is 574. The van der Waals surface area contributed by atoms with Crippen LogP contribution < -0.4 is 0 Å². The maximum Gasteiger partial charge on any atom is 0.255 e. The zero-order valence-corrected chi connectivity index (χ0v) is 14.5. The van der Waals surface area contributed by atoms with E-state index in [1.165, 1.54) is 6.20 Å². The van der Waals surface area contributed by atoms with Crippen molar-refractivity contribution in [3.63, 3.8) is 0 Å². The first kappa shape index (κ1) is 16.3. The Labute approximate surface area is 146 Å². The summed E-state index contributed by atoms with van der Waals surface area (Å²) in [4.78, 5) is 14.3. The molecular weight excluding hydrogens is 326 g/mol. The van der Waals surface area contributed by atoms with E-state index in [1.54, 1.807) is 12.3 Å². The Morgan fingerprint density at radius 2 is 2.21 bits per heavy atom. The number of hydrogen-bond donors (Lipinski definition) is 0. The van der Waals surface area contributed by atoms with Crippen molar-refractivity contribution in [2.45, 2.75) is 30.1 Å². The molecule has 1 atom stereocenters. The van der Waals surface area contributed by atoms with Crippen LogP contribution in [0.15, 0.2) is 18.5 Å². The summed E-state index contributed by atoms with van der Waals surface area (Å²) in [6.07, 6.45) is 6.72. The van der Waals surface area contributed by atoms with E-state index in [9.17, 15) is 4.79 Å². The lowest BCUT2D eigenvalue weighted by Crippen LogP contribution is -2.60. The fourth-order valence-corrected chi connectivity index (χ4v) is 5.26. The van der Waals surface area contributed by atoms with Gasteiger partial charge in [0, 0.05) is 38.7 Å². The molecule has 0 aliphatic carbocycles. The molecule has 3 saturated heterocycles. The Morgan fingerprint density at radius 1 is 1.38 bits per heavy atom. The minimum Gasteiger partial charge on any atom is -0.381 e. The number of aromatic nitrogens is 2. The molecule has 1 amide bonds. The second-order valence-electron chi connectivity index (χ2n) is 7.00. The van der Waals surface area contributed by atoms with Gasteiger partial charge in [0.2, 0.25) is 0 Å². The van der Waals surface area contributed by atoms with Crippen molar-refractivity contribution in [3.8, 4) is 0 Å². The van der Waals surface area contributed by atoms with E-state index in [2.05, 4.69) is 10.2 Å². The molecule has 0 radical (unpaired) electrons. The Morgan fingerprint density at radius 3 is 2.96 bits per heavy atom. The topological polar surface area (TPSA) is 64.6 Å². The average molecular weight is 349 g/mol. The molecule has 3 fully saturated rings. The van der Waals surface area contributed by atoms with Gasteiger partial charge in [0.05, 0.1) is 28.8 Å². The fraction of sp³-hybridized carbons (Fsp3) is 0.706. The second-order valence-corrected chi connectivity index (χ2v) is 8.49. The molecule has 0 saturated carbocycles. The van der Waals surface area contributed by atoms with Crippen LogP contribution in [0.3, 0.4) is 0 Å². The number of rotatable bonds is 4. The van der Waals surface area contributed by atoms with Crippen LogP contribution in [0.1, 0.15) is 29.6 Å². The Kier molecular flexibility index (Phi) is 4.74. The van der Waals surface area contributed by atoms with Gasteiger partial charge in [-0.3, -0.25) is 4.79 Å². The highest BCUT2D eigenvalue weighted by Gasteiger charge is 2.51. The molecule has 1 spiro atoms. The standard InChI is InChI=1S/C17H23N3O3S/c21-16(14-1-4-18-19-8-14)20-11-17(12-20)7-15(10-24-17)23-9-13-2-5-22-6-3-13/h1,4,8,13,15H,2-3,5-7,9-12H2. The number of ether oxygens (including phenoxy) is 2. The van der Waals surface area contributed by atoms with Crippen LogP contribution in [0.25, 0.3) is 0 Å². The van der Waals surface area contributed by atoms with Gasteiger partial charge in [0.1, 0.15) is 0 Å². The number of hydrogen-bond acceptors (Lipinski definition) is 6. The third kappa shape index (κ3) is 3.43. The third-order valence-electron chi connectivity index (χ3n) is 5.16. The van der Waals surface area contributed by atoms with Gasteiger partial charge < -0.3 is 14.4 Å². The maximum atomic E-state index is 12.4. The van der Waals surface area contributed by atoms with Crippen LogP contribution in [0.2, 0.25) is 0 Å². The van der Waals surface area contributed by atoms with Crippen molar-refractivity contribution in [1.82, 2.24) is 15.1 Å². The van der Waals surface area contributed by atoms with E-state index in [1.807, 2.05) is 16.7 Å². The van der Waals surface area contributed by atoms with Crippen molar-refractivity contribution in [2.75, 3.05) is 38.7 Å². The Hall–Kier alpha value is -1.18. The van der Waals surface area contributed by atoms with Crippen LogP contribution in [-0.4, -0.2) is 70.5 Å². The van der Waals surface area contributed by atoms with Crippen molar-refractivity contribution >= 4 is 17.7 Å². The molecule has 130 valence electrons. The Balaban J connectivity index is 1.23. The molecule has 24 heavy (non-hydrogen) atoms. The quantitative estimate of drug-likeness (QED) is 0.823. The summed E-state index contributed by atoms with van der Waals surface area (Å²) in [5.41, 5.74) is 0.621. The summed E-state index contributed by atoms with van der Waals surface area (Å²) in [6.45, 7) is 4.23. The van der Waals surface area contributed by atoms with Gasteiger partial charge in [-0.2, -0.15) is 10.2 Å². The molecule has 1 aromatic heterocycles.